The van der Waals surface area contributed by atoms with E-state index in [1.807, 2.05) is 13.8 Å². The monoisotopic (exact) mass is 256 g/mol. The van der Waals surface area contributed by atoms with Gasteiger partial charge in [-0.3, -0.25) is 4.79 Å². The number of carbonyl (C=O) groups excluding carboxylic acids is 1. The Labute approximate surface area is 104 Å². The molecular weight excluding hydrogens is 240 g/mol. The number of Topliss-reactive ketones (excluding diaryl/α,β-unsaturated/α-hetero) is 1. The maximum Gasteiger partial charge on any atom is 0.326 e. The lowest BCUT2D eigenvalue weighted by Gasteiger charge is -2.16. The summed E-state index contributed by atoms with van der Waals surface area (Å²) in [7, 11) is 0. The minimum atomic E-state index is -0.919. The van der Waals surface area contributed by atoms with Gasteiger partial charge < -0.3 is 10.4 Å². The fourth-order valence-electron chi connectivity index (χ4n) is 1.43. The topological polar surface area (TPSA) is 79.3 Å². The van der Waals surface area contributed by atoms with Crippen LogP contribution in [0.2, 0.25) is 0 Å². The molecule has 17 heavy (non-hydrogen) atoms. The summed E-state index contributed by atoms with van der Waals surface area (Å²) in [5.74, 6) is -1.09. The number of rotatable bonds is 5. The Morgan fingerprint density at radius 2 is 2.00 bits per heavy atom. The number of nitrogens with zero attached hydrogens (tertiary/aromatic N) is 1. The first kappa shape index (κ1) is 13.6. The zero-order valence-electron chi connectivity index (χ0n) is 10.3. The van der Waals surface area contributed by atoms with Crippen molar-refractivity contribution in [1.82, 2.24) is 4.98 Å². The number of hydrogen-bond acceptors (Lipinski definition) is 5. The van der Waals surface area contributed by atoms with Crippen molar-refractivity contribution in [3.05, 3.63) is 10.6 Å². The van der Waals surface area contributed by atoms with Gasteiger partial charge in [-0.15, -0.1) is 11.3 Å². The number of aryl methyl sites for hydroxylation is 1. The van der Waals surface area contributed by atoms with Crippen LogP contribution in [0.4, 0.5) is 5.13 Å². The SMILES string of the molecule is CC(=O)c1nc(N[C@@H](C(=O)O)C(C)C)sc1C. The quantitative estimate of drug-likeness (QED) is 0.789. The number of ketones is 1. The Morgan fingerprint density at radius 3 is 2.35 bits per heavy atom. The van der Waals surface area contributed by atoms with E-state index in [4.69, 9.17) is 5.11 Å². The molecule has 94 valence electrons. The van der Waals surface area contributed by atoms with Crippen molar-refractivity contribution in [3.63, 3.8) is 0 Å². The average Bonchev–Trinajstić information content (AvgIpc) is 2.55. The van der Waals surface area contributed by atoms with Gasteiger partial charge in [-0.25, -0.2) is 9.78 Å². The van der Waals surface area contributed by atoms with Crippen molar-refractivity contribution in [2.75, 3.05) is 5.32 Å². The van der Waals surface area contributed by atoms with Crippen LogP contribution in [0, 0.1) is 12.8 Å². The summed E-state index contributed by atoms with van der Waals surface area (Å²) in [6.45, 7) is 6.88. The van der Waals surface area contributed by atoms with Gasteiger partial charge in [0.05, 0.1) is 0 Å². The number of carboxylic acid groups (broad SMARTS) is 1. The van der Waals surface area contributed by atoms with E-state index in [-0.39, 0.29) is 11.7 Å². The van der Waals surface area contributed by atoms with Crippen LogP contribution in [-0.2, 0) is 4.79 Å². The number of hydrogen-bond donors (Lipinski definition) is 2. The Hall–Kier alpha value is -1.43. The molecule has 0 aromatic carbocycles. The lowest BCUT2D eigenvalue weighted by atomic mass is 10.1. The van der Waals surface area contributed by atoms with Crippen molar-refractivity contribution in [1.29, 1.82) is 0 Å². The van der Waals surface area contributed by atoms with E-state index >= 15 is 0 Å². The van der Waals surface area contributed by atoms with Crippen LogP contribution in [0.25, 0.3) is 0 Å². The smallest absolute Gasteiger partial charge is 0.326 e. The molecule has 0 fully saturated rings. The Balaban J connectivity index is 2.91. The first-order valence-electron chi connectivity index (χ1n) is 5.30. The second-order valence-corrected chi connectivity index (χ2v) is 5.39. The van der Waals surface area contributed by atoms with Crippen LogP contribution in [-0.4, -0.2) is 27.9 Å². The molecule has 1 rings (SSSR count). The summed E-state index contributed by atoms with van der Waals surface area (Å²) in [4.78, 5) is 27.2. The van der Waals surface area contributed by atoms with E-state index in [9.17, 15) is 9.59 Å². The molecule has 0 aliphatic heterocycles. The molecule has 0 unspecified atom stereocenters. The second-order valence-electron chi connectivity index (χ2n) is 4.18. The van der Waals surface area contributed by atoms with Crippen molar-refractivity contribution in [2.45, 2.75) is 33.7 Å². The predicted molar refractivity (Wildman–Crippen MR) is 66.7 cm³/mol. The lowest BCUT2D eigenvalue weighted by Crippen LogP contribution is -2.34. The molecule has 5 nitrogen and oxygen atoms in total. The molecule has 0 aliphatic carbocycles. The number of aliphatic carboxylic acids is 1. The molecule has 0 radical (unpaired) electrons. The minimum Gasteiger partial charge on any atom is -0.480 e. The molecule has 6 heteroatoms. The van der Waals surface area contributed by atoms with E-state index in [2.05, 4.69) is 10.3 Å². The standard InChI is InChI=1S/C11H16N2O3S/c1-5(2)8(10(15)16)12-11-13-9(6(3)14)7(4)17-11/h5,8H,1-4H3,(H,12,13)(H,15,16)/t8-/m1/s1. The largest absolute Gasteiger partial charge is 0.480 e. The molecule has 1 aromatic heterocycles. The van der Waals surface area contributed by atoms with Crippen LogP contribution < -0.4 is 5.32 Å². The molecule has 0 saturated heterocycles. The Morgan fingerprint density at radius 1 is 1.41 bits per heavy atom. The molecule has 0 bridgehead atoms. The summed E-state index contributed by atoms with van der Waals surface area (Å²) in [5, 5.41) is 12.4. The summed E-state index contributed by atoms with van der Waals surface area (Å²) in [6.07, 6.45) is 0. The number of nitrogens with one attached hydrogen (secondary N) is 1. The molecule has 1 atom stereocenters. The fourth-order valence-corrected chi connectivity index (χ4v) is 2.33. The van der Waals surface area contributed by atoms with Gasteiger partial charge in [-0.1, -0.05) is 13.8 Å². The van der Waals surface area contributed by atoms with E-state index in [0.717, 1.165) is 4.88 Å². The summed E-state index contributed by atoms with van der Waals surface area (Å²) in [5.41, 5.74) is 0.408. The van der Waals surface area contributed by atoms with Gasteiger partial charge in [0, 0.05) is 11.8 Å². The molecular formula is C11H16N2O3S. The van der Waals surface area contributed by atoms with Gasteiger partial charge in [0.25, 0.3) is 0 Å². The van der Waals surface area contributed by atoms with Gasteiger partial charge in [0.15, 0.2) is 10.9 Å². The van der Waals surface area contributed by atoms with Crippen molar-refractivity contribution >= 4 is 28.2 Å². The number of aromatic nitrogens is 1. The van der Waals surface area contributed by atoms with E-state index in [1.165, 1.54) is 18.3 Å². The van der Waals surface area contributed by atoms with E-state index in [0.29, 0.717) is 10.8 Å². The summed E-state index contributed by atoms with van der Waals surface area (Å²) in [6, 6.07) is -0.694. The Bertz CT molecular complexity index is 440. The van der Waals surface area contributed by atoms with E-state index in [1.54, 1.807) is 6.92 Å². The van der Waals surface area contributed by atoms with Gasteiger partial charge in [0.1, 0.15) is 11.7 Å². The molecule has 0 amide bonds. The van der Waals surface area contributed by atoms with Crippen LogP contribution >= 0.6 is 11.3 Å². The van der Waals surface area contributed by atoms with Gasteiger partial charge >= 0.3 is 5.97 Å². The van der Waals surface area contributed by atoms with Crippen LogP contribution in [0.5, 0.6) is 0 Å². The zero-order valence-corrected chi connectivity index (χ0v) is 11.1. The highest BCUT2D eigenvalue weighted by Gasteiger charge is 2.23. The number of carboxylic acids is 1. The third-order valence-electron chi connectivity index (χ3n) is 2.34. The Kier molecular flexibility index (Phi) is 4.22. The third-order valence-corrected chi connectivity index (χ3v) is 3.24. The predicted octanol–water partition coefficient (Wildman–Crippen LogP) is 2.18. The molecule has 1 heterocycles. The molecule has 0 saturated carbocycles. The summed E-state index contributed by atoms with van der Waals surface area (Å²) >= 11 is 1.30. The highest BCUT2D eigenvalue weighted by Crippen LogP contribution is 2.24. The van der Waals surface area contributed by atoms with Crippen molar-refractivity contribution < 1.29 is 14.7 Å². The fraction of sp³-hybridized carbons (Fsp3) is 0.545. The number of carbonyl (C=O) groups is 2. The molecule has 0 aliphatic rings. The normalized spacial score (nSPS) is 12.5. The average molecular weight is 256 g/mol. The van der Waals surface area contributed by atoms with Crippen molar-refractivity contribution in [2.24, 2.45) is 5.92 Å². The highest BCUT2D eigenvalue weighted by atomic mass is 32.1. The zero-order chi connectivity index (χ0) is 13.2. The van der Waals surface area contributed by atoms with Crippen LogP contribution in [0.3, 0.4) is 0 Å². The second kappa shape index (κ2) is 5.27. The first-order chi connectivity index (χ1) is 7.82. The van der Waals surface area contributed by atoms with Gasteiger partial charge in [0.2, 0.25) is 0 Å². The van der Waals surface area contributed by atoms with Crippen LogP contribution in [0.1, 0.15) is 36.1 Å². The molecule has 1 aromatic rings. The highest BCUT2D eigenvalue weighted by molar-refractivity contribution is 7.15. The third kappa shape index (κ3) is 3.26. The maximum atomic E-state index is 11.2. The first-order valence-corrected chi connectivity index (χ1v) is 6.12. The van der Waals surface area contributed by atoms with Gasteiger partial charge in [-0.2, -0.15) is 0 Å². The van der Waals surface area contributed by atoms with Crippen molar-refractivity contribution in [3.8, 4) is 0 Å². The molecule has 0 spiro atoms. The number of thiazole rings is 1. The lowest BCUT2D eigenvalue weighted by molar-refractivity contribution is -0.138. The van der Waals surface area contributed by atoms with Crippen LogP contribution in [0.15, 0.2) is 0 Å². The summed E-state index contributed by atoms with van der Waals surface area (Å²) < 4.78 is 0. The number of anilines is 1. The van der Waals surface area contributed by atoms with Gasteiger partial charge in [-0.05, 0) is 12.8 Å². The molecule has 2 N–H and O–H groups in total. The minimum absolute atomic E-state index is 0.0579. The maximum absolute atomic E-state index is 11.2. The van der Waals surface area contributed by atoms with E-state index < -0.39 is 12.0 Å².